The molecule has 2 heterocycles. The summed E-state index contributed by atoms with van der Waals surface area (Å²) in [5, 5.41) is 0. The molecule has 0 spiro atoms. The number of likely N-dealkylation sites (tertiary alicyclic amines) is 1. The van der Waals surface area contributed by atoms with E-state index in [-0.39, 0.29) is 5.75 Å². The molecule has 120 valence electrons. The van der Waals surface area contributed by atoms with Crippen LogP contribution in [0.15, 0.2) is 16.5 Å². The summed E-state index contributed by atoms with van der Waals surface area (Å²) in [7, 11) is -1.64. The van der Waals surface area contributed by atoms with Crippen LogP contribution in [-0.4, -0.2) is 39.2 Å². The molecule has 1 N–H and O–H groups in total. The monoisotopic (exact) mass is 314 g/mol. The number of sulfonamides is 1. The van der Waals surface area contributed by atoms with Crippen LogP contribution >= 0.6 is 0 Å². The average molecular weight is 314 g/mol. The third kappa shape index (κ3) is 4.83. The summed E-state index contributed by atoms with van der Waals surface area (Å²) in [5.41, 5.74) is 0. The molecular weight excluding hydrogens is 288 g/mol. The number of furan rings is 1. The van der Waals surface area contributed by atoms with Crippen molar-refractivity contribution in [2.75, 3.05) is 25.9 Å². The molecule has 21 heavy (non-hydrogen) atoms. The van der Waals surface area contributed by atoms with Gasteiger partial charge in [-0.3, -0.25) is 4.90 Å². The molecule has 1 fully saturated rings. The van der Waals surface area contributed by atoms with Gasteiger partial charge in [0.15, 0.2) is 0 Å². The predicted molar refractivity (Wildman–Crippen MR) is 83.7 cm³/mol. The number of rotatable bonds is 6. The molecule has 0 radical (unpaired) electrons. The Morgan fingerprint density at radius 3 is 2.81 bits per heavy atom. The third-order valence-corrected chi connectivity index (χ3v) is 5.57. The van der Waals surface area contributed by atoms with Crippen molar-refractivity contribution in [3.63, 3.8) is 0 Å². The Labute approximate surface area is 127 Å². The Morgan fingerprint density at radius 2 is 2.14 bits per heavy atom. The first-order valence-corrected chi connectivity index (χ1v) is 9.38. The summed E-state index contributed by atoms with van der Waals surface area (Å²) >= 11 is 0. The van der Waals surface area contributed by atoms with E-state index in [1.54, 1.807) is 0 Å². The molecule has 1 aliphatic rings. The fourth-order valence-electron chi connectivity index (χ4n) is 2.95. The highest BCUT2D eigenvalue weighted by Gasteiger charge is 2.25. The van der Waals surface area contributed by atoms with Gasteiger partial charge in [0, 0.05) is 0 Å². The van der Waals surface area contributed by atoms with Crippen molar-refractivity contribution >= 4 is 10.0 Å². The summed E-state index contributed by atoms with van der Waals surface area (Å²) in [5.74, 6) is 2.14. The summed E-state index contributed by atoms with van der Waals surface area (Å²) < 4.78 is 31.2. The Balaban J connectivity index is 1.99. The van der Waals surface area contributed by atoms with E-state index in [0.717, 1.165) is 31.0 Å². The second kappa shape index (κ2) is 7.42. The van der Waals surface area contributed by atoms with Crippen molar-refractivity contribution in [3.8, 4) is 0 Å². The molecule has 6 heteroatoms. The topological polar surface area (TPSA) is 62.6 Å². The lowest BCUT2D eigenvalue weighted by Gasteiger charge is -2.28. The van der Waals surface area contributed by atoms with Gasteiger partial charge >= 0.3 is 0 Å². The van der Waals surface area contributed by atoms with Crippen LogP contribution in [0.3, 0.4) is 0 Å². The first-order valence-electron chi connectivity index (χ1n) is 7.73. The Bertz CT molecular complexity index is 539. The van der Waals surface area contributed by atoms with Crippen LogP contribution in [0.1, 0.15) is 49.7 Å². The van der Waals surface area contributed by atoms with E-state index in [0.29, 0.717) is 12.5 Å². The van der Waals surface area contributed by atoms with Gasteiger partial charge in [-0.2, -0.15) is 0 Å². The number of nitrogens with one attached hydrogen (secondary N) is 1. The van der Waals surface area contributed by atoms with E-state index in [2.05, 4.69) is 15.7 Å². The quantitative estimate of drug-likeness (QED) is 0.876. The zero-order valence-corrected chi connectivity index (χ0v) is 13.8. The summed E-state index contributed by atoms with van der Waals surface area (Å²) in [6.45, 7) is 3.78. The van der Waals surface area contributed by atoms with E-state index in [9.17, 15) is 8.42 Å². The van der Waals surface area contributed by atoms with Crippen molar-refractivity contribution in [1.82, 2.24) is 9.62 Å². The van der Waals surface area contributed by atoms with Crippen LogP contribution in [0.4, 0.5) is 0 Å². The zero-order chi connectivity index (χ0) is 15.3. The number of nitrogens with zero attached hydrogens (tertiary/aromatic N) is 1. The number of hydrogen-bond donors (Lipinski definition) is 1. The highest BCUT2D eigenvalue weighted by Crippen LogP contribution is 2.31. The standard InChI is InChI=1S/C15H26N2O3S/c1-13-8-9-15(20-13)14-7-4-3-5-10-17(14)11-6-12-21(18,19)16-2/h8-9,14,16H,3-7,10-12H2,1-2H3/t14-/m1/s1. The first-order chi connectivity index (χ1) is 10.0. The summed E-state index contributed by atoms with van der Waals surface area (Å²) in [6.07, 6.45) is 5.36. The lowest BCUT2D eigenvalue weighted by Crippen LogP contribution is -2.31. The molecule has 0 aliphatic carbocycles. The predicted octanol–water partition coefficient (Wildman–Crippen LogP) is 2.44. The summed E-state index contributed by atoms with van der Waals surface area (Å²) in [4.78, 5) is 2.39. The molecule has 1 aromatic heterocycles. The van der Waals surface area contributed by atoms with Crippen LogP contribution in [0.25, 0.3) is 0 Å². The van der Waals surface area contributed by atoms with Crippen LogP contribution in [0.5, 0.6) is 0 Å². The molecule has 1 aliphatic heterocycles. The lowest BCUT2D eigenvalue weighted by atomic mass is 10.1. The average Bonchev–Trinajstić information content (AvgIpc) is 2.74. The van der Waals surface area contributed by atoms with Crippen LogP contribution < -0.4 is 4.72 Å². The fourth-order valence-corrected chi connectivity index (χ4v) is 3.66. The molecular formula is C15H26N2O3S. The molecule has 0 saturated carbocycles. The Hall–Kier alpha value is -0.850. The maximum Gasteiger partial charge on any atom is 0.211 e. The molecule has 1 aromatic rings. The molecule has 1 atom stereocenters. The molecule has 2 rings (SSSR count). The van der Waals surface area contributed by atoms with Gasteiger partial charge in [-0.25, -0.2) is 13.1 Å². The Kier molecular flexibility index (Phi) is 5.84. The van der Waals surface area contributed by atoms with E-state index in [1.807, 2.05) is 13.0 Å². The van der Waals surface area contributed by atoms with Gasteiger partial charge in [0.25, 0.3) is 0 Å². The van der Waals surface area contributed by atoms with Gasteiger partial charge in [0.2, 0.25) is 10.0 Å². The van der Waals surface area contributed by atoms with Gasteiger partial charge in [0.1, 0.15) is 11.5 Å². The van der Waals surface area contributed by atoms with Gasteiger partial charge < -0.3 is 4.42 Å². The maximum atomic E-state index is 11.5. The van der Waals surface area contributed by atoms with Crippen LogP contribution in [0.2, 0.25) is 0 Å². The molecule has 1 saturated heterocycles. The highest BCUT2D eigenvalue weighted by atomic mass is 32.2. The number of aryl methyl sites for hydroxylation is 1. The summed E-state index contributed by atoms with van der Waals surface area (Å²) in [6, 6.07) is 4.35. The highest BCUT2D eigenvalue weighted by molar-refractivity contribution is 7.89. The second-order valence-corrected chi connectivity index (χ2v) is 7.77. The van der Waals surface area contributed by atoms with Crippen LogP contribution in [-0.2, 0) is 10.0 Å². The van der Waals surface area contributed by atoms with Gasteiger partial charge in [-0.05, 0) is 58.5 Å². The lowest BCUT2D eigenvalue weighted by molar-refractivity contribution is 0.177. The minimum Gasteiger partial charge on any atom is -0.465 e. The van der Waals surface area contributed by atoms with Gasteiger partial charge in [-0.1, -0.05) is 12.8 Å². The minimum atomic E-state index is -3.11. The molecule has 0 unspecified atom stereocenters. The largest absolute Gasteiger partial charge is 0.465 e. The molecule has 5 nitrogen and oxygen atoms in total. The van der Waals surface area contributed by atoms with Crippen molar-refractivity contribution in [1.29, 1.82) is 0 Å². The SMILES string of the molecule is CNS(=O)(=O)CCCN1CCCCC[C@@H]1c1ccc(C)o1. The third-order valence-electron chi connectivity index (χ3n) is 4.12. The van der Waals surface area contributed by atoms with Gasteiger partial charge in [0.05, 0.1) is 11.8 Å². The maximum absolute atomic E-state index is 11.5. The molecule has 0 aromatic carbocycles. The van der Waals surface area contributed by atoms with E-state index < -0.39 is 10.0 Å². The molecule has 0 amide bonds. The molecule has 0 bridgehead atoms. The number of hydrogen-bond acceptors (Lipinski definition) is 4. The first kappa shape index (κ1) is 16.5. The van der Waals surface area contributed by atoms with Crippen molar-refractivity contribution < 1.29 is 12.8 Å². The zero-order valence-electron chi connectivity index (χ0n) is 13.0. The van der Waals surface area contributed by atoms with Crippen LogP contribution in [0, 0.1) is 6.92 Å². The van der Waals surface area contributed by atoms with E-state index in [1.165, 1.54) is 26.3 Å². The van der Waals surface area contributed by atoms with Gasteiger partial charge in [-0.15, -0.1) is 0 Å². The fraction of sp³-hybridized carbons (Fsp3) is 0.733. The second-order valence-electron chi connectivity index (χ2n) is 5.73. The minimum absolute atomic E-state index is 0.184. The van der Waals surface area contributed by atoms with Crippen molar-refractivity contribution in [2.24, 2.45) is 0 Å². The normalized spacial score (nSPS) is 21.3. The smallest absolute Gasteiger partial charge is 0.211 e. The Morgan fingerprint density at radius 1 is 1.33 bits per heavy atom. The van der Waals surface area contributed by atoms with Crippen molar-refractivity contribution in [2.45, 2.75) is 45.1 Å². The van der Waals surface area contributed by atoms with Crippen molar-refractivity contribution in [3.05, 3.63) is 23.7 Å². The van der Waals surface area contributed by atoms with E-state index in [4.69, 9.17) is 4.42 Å². The van der Waals surface area contributed by atoms with E-state index >= 15 is 0 Å².